The van der Waals surface area contributed by atoms with Crippen molar-refractivity contribution in [2.24, 2.45) is 11.3 Å². The molecule has 1 heterocycles. The van der Waals surface area contributed by atoms with Crippen molar-refractivity contribution in [3.05, 3.63) is 0 Å². The number of carbonyl (C=O) groups excluding carboxylic acids is 2. The van der Waals surface area contributed by atoms with E-state index in [0.717, 1.165) is 19.3 Å². The van der Waals surface area contributed by atoms with Crippen LogP contribution in [0.4, 0.5) is 4.79 Å². The molecule has 2 fully saturated rings. The molecule has 2 rings (SSSR count). The van der Waals surface area contributed by atoms with E-state index in [1.165, 1.54) is 0 Å². The van der Waals surface area contributed by atoms with E-state index in [1.54, 1.807) is 4.90 Å². The smallest absolute Gasteiger partial charge is 0.410 e. The number of carbonyl (C=O) groups is 2. The molecule has 2 amide bonds. The molecule has 0 radical (unpaired) electrons. The SMILES string of the molecule is CC(C)(C)OC(=O)N1CCC(C(=O)NC2CC2(C)C)CC1. The van der Waals surface area contributed by atoms with Gasteiger partial charge in [-0.25, -0.2) is 4.79 Å². The molecule has 0 spiro atoms. The predicted octanol–water partition coefficient (Wildman–Crippen LogP) is 2.55. The summed E-state index contributed by atoms with van der Waals surface area (Å²) in [5.74, 6) is 0.175. The van der Waals surface area contributed by atoms with E-state index in [4.69, 9.17) is 4.74 Å². The summed E-state index contributed by atoms with van der Waals surface area (Å²) in [6, 6.07) is 0.328. The highest BCUT2D eigenvalue weighted by Crippen LogP contribution is 2.44. The van der Waals surface area contributed by atoms with Crippen molar-refractivity contribution >= 4 is 12.0 Å². The Hall–Kier alpha value is -1.26. The van der Waals surface area contributed by atoms with Gasteiger partial charge in [-0.1, -0.05) is 13.8 Å². The van der Waals surface area contributed by atoms with E-state index in [2.05, 4.69) is 19.2 Å². The maximum atomic E-state index is 12.2. The molecule has 1 saturated heterocycles. The largest absolute Gasteiger partial charge is 0.444 e. The molecular formula is C16H28N2O3. The number of amides is 2. The molecule has 1 unspecified atom stereocenters. The van der Waals surface area contributed by atoms with Crippen LogP contribution in [-0.2, 0) is 9.53 Å². The first-order valence-corrected chi connectivity index (χ1v) is 7.87. The average Bonchev–Trinajstić information content (AvgIpc) is 2.94. The van der Waals surface area contributed by atoms with Crippen molar-refractivity contribution in [1.29, 1.82) is 0 Å². The van der Waals surface area contributed by atoms with Crippen LogP contribution < -0.4 is 5.32 Å². The number of rotatable bonds is 2. The van der Waals surface area contributed by atoms with Gasteiger partial charge in [0.15, 0.2) is 0 Å². The lowest BCUT2D eigenvalue weighted by Gasteiger charge is -2.33. The van der Waals surface area contributed by atoms with Crippen LogP contribution in [0.5, 0.6) is 0 Å². The molecule has 0 aromatic rings. The molecule has 0 aromatic heterocycles. The van der Waals surface area contributed by atoms with Crippen LogP contribution in [0.1, 0.15) is 53.9 Å². The molecular weight excluding hydrogens is 268 g/mol. The van der Waals surface area contributed by atoms with Crippen LogP contribution in [0.3, 0.4) is 0 Å². The Kier molecular flexibility index (Phi) is 4.22. The Morgan fingerprint density at radius 3 is 2.14 bits per heavy atom. The highest BCUT2D eigenvalue weighted by Gasteiger charge is 2.47. The van der Waals surface area contributed by atoms with Crippen LogP contribution in [0, 0.1) is 11.3 Å². The zero-order valence-electron chi connectivity index (χ0n) is 13.9. The minimum absolute atomic E-state index is 0.0279. The van der Waals surface area contributed by atoms with Gasteiger partial charge in [-0.3, -0.25) is 4.79 Å². The Labute approximate surface area is 127 Å². The number of likely N-dealkylation sites (tertiary alicyclic amines) is 1. The van der Waals surface area contributed by atoms with Gasteiger partial charge in [-0.15, -0.1) is 0 Å². The molecule has 0 aromatic carbocycles. The molecule has 1 aliphatic carbocycles. The third-order valence-corrected chi connectivity index (χ3v) is 4.35. The number of hydrogen-bond donors (Lipinski definition) is 1. The Morgan fingerprint density at radius 2 is 1.71 bits per heavy atom. The van der Waals surface area contributed by atoms with Gasteiger partial charge >= 0.3 is 6.09 Å². The summed E-state index contributed by atoms with van der Waals surface area (Å²) in [5.41, 5.74) is -0.213. The maximum absolute atomic E-state index is 12.2. The number of nitrogens with zero attached hydrogens (tertiary/aromatic N) is 1. The Morgan fingerprint density at radius 1 is 1.19 bits per heavy atom. The van der Waals surface area contributed by atoms with Crippen molar-refractivity contribution < 1.29 is 14.3 Å². The van der Waals surface area contributed by atoms with Crippen LogP contribution >= 0.6 is 0 Å². The molecule has 5 nitrogen and oxygen atoms in total. The monoisotopic (exact) mass is 296 g/mol. The standard InChI is InChI=1S/C16H28N2O3/c1-15(2,3)21-14(20)18-8-6-11(7-9-18)13(19)17-12-10-16(12,4)5/h11-12H,6-10H2,1-5H3,(H,17,19). The lowest BCUT2D eigenvalue weighted by molar-refractivity contribution is -0.126. The predicted molar refractivity (Wildman–Crippen MR) is 80.9 cm³/mol. The van der Waals surface area contributed by atoms with Crippen LogP contribution in [0.25, 0.3) is 0 Å². The summed E-state index contributed by atoms with van der Waals surface area (Å²) in [6.07, 6.45) is 2.23. The van der Waals surface area contributed by atoms with Crippen molar-refractivity contribution in [3.8, 4) is 0 Å². The molecule has 21 heavy (non-hydrogen) atoms. The topological polar surface area (TPSA) is 58.6 Å². The van der Waals surface area contributed by atoms with Gasteiger partial charge in [0.2, 0.25) is 5.91 Å². The summed E-state index contributed by atoms with van der Waals surface area (Å²) in [4.78, 5) is 25.9. The Balaban J connectivity index is 1.75. The first-order chi connectivity index (χ1) is 9.58. The summed E-state index contributed by atoms with van der Waals surface area (Å²) in [7, 11) is 0. The third kappa shape index (κ3) is 4.35. The molecule has 1 N–H and O–H groups in total. The van der Waals surface area contributed by atoms with Crippen molar-refractivity contribution in [3.63, 3.8) is 0 Å². The highest BCUT2D eigenvalue weighted by atomic mass is 16.6. The normalized spacial score (nSPS) is 25.4. The molecule has 2 aliphatic rings. The van der Waals surface area contributed by atoms with Gasteiger partial charge in [-0.2, -0.15) is 0 Å². The molecule has 0 bridgehead atoms. The summed E-state index contributed by atoms with van der Waals surface area (Å²) < 4.78 is 5.36. The minimum atomic E-state index is -0.469. The molecule has 5 heteroatoms. The summed E-state index contributed by atoms with van der Waals surface area (Å²) in [6.45, 7) is 11.1. The average molecular weight is 296 g/mol. The molecule has 120 valence electrons. The van der Waals surface area contributed by atoms with E-state index >= 15 is 0 Å². The number of nitrogens with one attached hydrogen (secondary N) is 1. The summed E-state index contributed by atoms with van der Waals surface area (Å²) >= 11 is 0. The zero-order chi connectivity index (χ0) is 15.8. The molecule has 1 aliphatic heterocycles. The van der Waals surface area contributed by atoms with Crippen molar-refractivity contribution in [2.75, 3.05) is 13.1 Å². The van der Waals surface area contributed by atoms with E-state index in [-0.39, 0.29) is 23.3 Å². The fourth-order valence-corrected chi connectivity index (χ4v) is 2.65. The first kappa shape index (κ1) is 16.1. The van der Waals surface area contributed by atoms with Crippen LogP contribution in [0.15, 0.2) is 0 Å². The van der Waals surface area contributed by atoms with Crippen LogP contribution in [0.2, 0.25) is 0 Å². The lowest BCUT2D eigenvalue weighted by Crippen LogP contribution is -2.45. The van der Waals surface area contributed by atoms with E-state index < -0.39 is 5.60 Å². The summed E-state index contributed by atoms with van der Waals surface area (Å²) in [5, 5.41) is 3.12. The minimum Gasteiger partial charge on any atom is -0.444 e. The van der Waals surface area contributed by atoms with Gasteiger partial charge in [0, 0.05) is 25.0 Å². The molecule has 1 saturated carbocycles. The maximum Gasteiger partial charge on any atom is 0.410 e. The third-order valence-electron chi connectivity index (χ3n) is 4.35. The van der Waals surface area contributed by atoms with Gasteiger partial charge in [0.1, 0.15) is 5.60 Å². The first-order valence-electron chi connectivity index (χ1n) is 7.87. The van der Waals surface area contributed by atoms with Gasteiger partial charge in [0.25, 0.3) is 0 Å². The van der Waals surface area contributed by atoms with E-state index in [1.807, 2.05) is 20.8 Å². The number of hydrogen-bond acceptors (Lipinski definition) is 3. The number of piperidine rings is 1. The van der Waals surface area contributed by atoms with Gasteiger partial charge < -0.3 is 15.0 Å². The van der Waals surface area contributed by atoms with Gasteiger partial charge in [-0.05, 0) is 45.4 Å². The van der Waals surface area contributed by atoms with Crippen molar-refractivity contribution in [1.82, 2.24) is 10.2 Å². The quantitative estimate of drug-likeness (QED) is 0.852. The lowest BCUT2D eigenvalue weighted by atomic mass is 9.96. The van der Waals surface area contributed by atoms with Gasteiger partial charge in [0.05, 0.1) is 0 Å². The van der Waals surface area contributed by atoms with E-state index in [0.29, 0.717) is 19.1 Å². The fraction of sp³-hybridized carbons (Fsp3) is 0.875. The zero-order valence-corrected chi connectivity index (χ0v) is 13.9. The fourth-order valence-electron chi connectivity index (χ4n) is 2.65. The number of ether oxygens (including phenoxy) is 1. The Bertz CT molecular complexity index is 418. The van der Waals surface area contributed by atoms with E-state index in [9.17, 15) is 9.59 Å². The van der Waals surface area contributed by atoms with Crippen molar-refractivity contribution in [2.45, 2.75) is 65.5 Å². The second kappa shape index (κ2) is 5.50. The highest BCUT2D eigenvalue weighted by molar-refractivity contribution is 5.80. The second-order valence-corrected chi connectivity index (χ2v) is 8.00. The van der Waals surface area contributed by atoms with Crippen LogP contribution in [-0.4, -0.2) is 41.6 Å². The molecule has 1 atom stereocenters. The second-order valence-electron chi connectivity index (χ2n) is 8.00.